The van der Waals surface area contributed by atoms with Gasteiger partial charge in [0.25, 0.3) is 0 Å². The van der Waals surface area contributed by atoms with Crippen LogP contribution in [0.4, 0.5) is 0 Å². The summed E-state index contributed by atoms with van der Waals surface area (Å²) in [6, 6.07) is 0. The monoisotopic (exact) mass is 196 g/mol. The number of thiocarbonyl (C=S) groups is 1. The molecule has 0 bridgehead atoms. The molecule has 2 nitrogen and oxygen atoms in total. The van der Waals surface area contributed by atoms with Crippen molar-refractivity contribution in [1.82, 2.24) is 10.2 Å². The highest BCUT2D eigenvalue weighted by Crippen LogP contribution is 2.21. The number of nitrogens with zero attached hydrogens (tertiary/aromatic N) is 1. The van der Waals surface area contributed by atoms with E-state index in [0.717, 1.165) is 30.0 Å². The van der Waals surface area contributed by atoms with Crippen molar-refractivity contribution < 1.29 is 0 Å². The van der Waals surface area contributed by atoms with Crippen LogP contribution in [0.3, 0.4) is 0 Å². The number of rotatable bonds is 1. The van der Waals surface area contributed by atoms with E-state index in [1.54, 1.807) is 0 Å². The van der Waals surface area contributed by atoms with Crippen LogP contribution in [-0.4, -0.2) is 29.6 Å². The fourth-order valence-corrected chi connectivity index (χ4v) is 1.76. The van der Waals surface area contributed by atoms with Gasteiger partial charge in [-0.3, -0.25) is 0 Å². The minimum atomic E-state index is 0.526. The van der Waals surface area contributed by atoms with Gasteiger partial charge in [0, 0.05) is 13.1 Å². The molecule has 1 aliphatic rings. The first-order chi connectivity index (χ1) is 6.15. The molecule has 2 atom stereocenters. The maximum absolute atomic E-state index is 5.20. The summed E-state index contributed by atoms with van der Waals surface area (Å²) in [5, 5.41) is 3.84. The minimum Gasteiger partial charge on any atom is -0.352 e. The Morgan fingerprint density at radius 2 is 2.08 bits per heavy atom. The Labute approximate surface area is 85.7 Å². The van der Waals surface area contributed by atoms with E-state index in [9.17, 15) is 0 Å². The lowest BCUT2D eigenvalue weighted by Crippen LogP contribution is -2.38. The van der Waals surface area contributed by atoms with Crippen molar-refractivity contribution >= 4 is 17.3 Å². The molecule has 0 saturated carbocycles. The van der Waals surface area contributed by atoms with Crippen LogP contribution in [0.1, 0.15) is 13.8 Å². The number of terminal acetylenes is 1. The molecule has 1 rings (SSSR count). The molecule has 0 radical (unpaired) electrons. The van der Waals surface area contributed by atoms with Gasteiger partial charge in [-0.05, 0) is 24.1 Å². The zero-order valence-corrected chi connectivity index (χ0v) is 9.03. The first-order valence-corrected chi connectivity index (χ1v) is 5.02. The van der Waals surface area contributed by atoms with E-state index in [4.69, 9.17) is 18.6 Å². The second-order valence-electron chi connectivity index (χ2n) is 3.72. The third-order valence-electron chi connectivity index (χ3n) is 2.62. The van der Waals surface area contributed by atoms with Crippen LogP contribution in [0.25, 0.3) is 0 Å². The largest absolute Gasteiger partial charge is 0.352 e. The summed E-state index contributed by atoms with van der Waals surface area (Å²) in [4.78, 5) is 2.20. The SMILES string of the molecule is C#CCNC(=S)N1CC(C)C(C)C1. The minimum absolute atomic E-state index is 0.526. The first-order valence-electron chi connectivity index (χ1n) is 4.61. The van der Waals surface area contributed by atoms with E-state index in [2.05, 4.69) is 30.0 Å². The fourth-order valence-electron chi connectivity index (χ4n) is 1.53. The first kappa shape index (κ1) is 10.3. The molecule has 0 spiro atoms. The Morgan fingerprint density at radius 1 is 1.54 bits per heavy atom. The highest BCUT2D eigenvalue weighted by atomic mass is 32.1. The second kappa shape index (κ2) is 4.48. The lowest BCUT2D eigenvalue weighted by atomic mass is 10.0. The average Bonchev–Trinajstić information content (AvgIpc) is 2.43. The van der Waals surface area contributed by atoms with Crippen LogP contribution in [0.5, 0.6) is 0 Å². The van der Waals surface area contributed by atoms with E-state index in [0.29, 0.717) is 6.54 Å². The summed E-state index contributed by atoms with van der Waals surface area (Å²) in [7, 11) is 0. The molecule has 0 aromatic rings. The lowest BCUT2D eigenvalue weighted by Gasteiger charge is -2.19. The third-order valence-corrected chi connectivity index (χ3v) is 3.02. The second-order valence-corrected chi connectivity index (χ2v) is 4.11. The van der Waals surface area contributed by atoms with E-state index in [1.165, 1.54) is 0 Å². The number of hydrogen-bond acceptors (Lipinski definition) is 1. The Bertz CT molecular complexity index is 222. The third kappa shape index (κ3) is 2.60. The molecule has 0 amide bonds. The van der Waals surface area contributed by atoms with Crippen molar-refractivity contribution in [1.29, 1.82) is 0 Å². The normalized spacial score (nSPS) is 27.0. The van der Waals surface area contributed by atoms with Crippen LogP contribution < -0.4 is 5.32 Å². The van der Waals surface area contributed by atoms with Crippen LogP contribution in [0.15, 0.2) is 0 Å². The topological polar surface area (TPSA) is 15.3 Å². The molecule has 1 saturated heterocycles. The van der Waals surface area contributed by atoms with Gasteiger partial charge in [0.1, 0.15) is 0 Å². The highest BCUT2D eigenvalue weighted by molar-refractivity contribution is 7.80. The Morgan fingerprint density at radius 3 is 2.54 bits per heavy atom. The van der Waals surface area contributed by atoms with Gasteiger partial charge in [-0.15, -0.1) is 6.42 Å². The van der Waals surface area contributed by atoms with Crippen molar-refractivity contribution in [2.45, 2.75) is 13.8 Å². The summed E-state index contributed by atoms with van der Waals surface area (Å²) in [6.07, 6.45) is 5.14. The van der Waals surface area contributed by atoms with Gasteiger partial charge in [0.15, 0.2) is 5.11 Å². The molecule has 1 aliphatic heterocycles. The maximum atomic E-state index is 5.20. The highest BCUT2D eigenvalue weighted by Gasteiger charge is 2.27. The van der Waals surface area contributed by atoms with Gasteiger partial charge in [-0.2, -0.15) is 0 Å². The molecule has 1 heterocycles. The van der Waals surface area contributed by atoms with Gasteiger partial charge < -0.3 is 10.2 Å². The molecule has 3 heteroatoms. The van der Waals surface area contributed by atoms with Crippen LogP contribution in [-0.2, 0) is 0 Å². The quantitative estimate of drug-likeness (QED) is 0.499. The summed E-state index contributed by atoms with van der Waals surface area (Å²) in [5.74, 6) is 3.97. The fraction of sp³-hybridized carbons (Fsp3) is 0.700. The molecular weight excluding hydrogens is 180 g/mol. The van der Waals surface area contributed by atoms with Crippen LogP contribution in [0, 0.1) is 24.2 Å². The Kier molecular flexibility index (Phi) is 3.56. The summed E-state index contributed by atoms with van der Waals surface area (Å²) in [6.45, 7) is 7.15. The van der Waals surface area contributed by atoms with Gasteiger partial charge in [0.05, 0.1) is 6.54 Å². The summed E-state index contributed by atoms with van der Waals surface area (Å²) in [5.41, 5.74) is 0. The van der Waals surface area contributed by atoms with E-state index < -0.39 is 0 Å². The number of hydrogen-bond donors (Lipinski definition) is 1. The molecule has 0 aliphatic carbocycles. The molecule has 0 aromatic heterocycles. The van der Waals surface area contributed by atoms with E-state index in [1.807, 2.05) is 0 Å². The van der Waals surface area contributed by atoms with Gasteiger partial charge >= 0.3 is 0 Å². The van der Waals surface area contributed by atoms with Crippen molar-refractivity contribution in [3.05, 3.63) is 0 Å². The molecule has 1 fully saturated rings. The molecule has 13 heavy (non-hydrogen) atoms. The predicted octanol–water partition coefficient (Wildman–Crippen LogP) is 1.08. The number of likely N-dealkylation sites (tertiary alicyclic amines) is 1. The van der Waals surface area contributed by atoms with Gasteiger partial charge in [0.2, 0.25) is 0 Å². The van der Waals surface area contributed by atoms with Gasteiger partial charge in [-0.25, -0.2) is 0 Å². The van der Waals surface area contributed by atoms with Crippen molar-refractivity contribution in [3.8, 4) is 12.3 Å². The lowest BCUT2D eigenvalue weighted by molar-refractivity contribution is 0.487. The zero-order valence-electron chi connectivity index (χ0n) is 8.21. The van der Waals surface area contributed by atoms with E-state index in [-0.39, 0.29) is 0 Å². The van der Waals surface area contributed by atoms with Crippen LogP contribution >= 0.6 is 12.2 Å². The molecular formula is C10H16N2S. The molecule has 72 valence electrons. The Hall–Kier alpha value is -0.750. The molecule has 1 N–H and O–H groups in total. The standard InChI is InChI=1S/C10H16N2S/c1-4-5-11-10(13)12-6-8(2)9(3)7-12/h1,8-9H,5-7H2,2-3H3,(H,11,13). The van der Waals surface area contributed by atoms with Crippen molar-refractivity contribution in [3.63, 3.8) is 0 Å². The zero-order chi connectivity index (χ0) is 9.84. The maximum Gasteiger partial charge on any atom is 0.169 e. The number of nitrogens with one attached hydrogen (secondary N) is 1. The molecule has 2 unspecified atom stereocenters. The van der Waals surface area contributed by atoms with Crippen molar-refractivity contribution in [2.24, 2.45) is 11.8 Å². The van der Waals surface area contributed by atoms with Gasteiger partial charge in [-0.1, -0.05) is 19.8 Å². The Balaban J connectivity index is 2.38. The summed E-state index contributed by atoms with van der Waals surface area (Å²) < 4.78 is 0. The summed E-state index contributed by atoms with van der Waals surface area (Å²) >= 11 is 5.20. The predicted molar refractivity (Wildman–Crippen MR) is 59.3 cm³/mol. The van der Waals surface area contributed by atoms with E-state index >= 15 is 0 Å². The van der Waals surface area contributed by atoms with Crippen molar-refractivity contribution in [2.75, 3.05) is 19.6 Å². The smallest absolute Gasteiger partial charge is 0.169 e. The van der Waals surface area contributed by atoms with Crippen LogP contribution in [0.2, 0.25) is 0 Å². The average molecular weight is 196 g/mol. The molecule has 0 aromatic carbocycles.